The van der Waals surface area contributed by atoms with Crippen LogP contribution in [-0.4, -0.2) is 14.5 Å². The molecule has 0 saturated carbocycles. The number of rotatable bonds is 3. The largest absolute Gasteiger partial charge is 0.398 e. The highest BCUT2D eigenvalue weighted by Gasteiger charge is 2.21. The Kier molecular flexibility index (Phi) is 3.81. The highest BCUT2D eigenvalue weighted by atomic mass is 32.2. The van der Waals surface area contributed by atoms with E-state index in [-0.39, 0.29) is 4.90 Å². The van der Waals surface area contributed by atoms with Gasteiger partial charge in [-0.05, 0) is 38.0 Å². The quantitative estimate of drug-likeness (QED) is 0.627. The number of sulfonamides is 1. The molecule has 0 aliphatic heterocycles. The van der Waals surface area contributed by atoms with E-state index in [0.717, 1.165) is 0 Å². The van der Waals surface area contributed by atoms with Gasteiger partial charge >= 0.3 is 0 Å². The molecule has 1 rings (SSSR count). The summed E-state index contributed by atoms with van der Waals surface area (Å²) in [6.07, 6.45) is 5.16. The van der Waals surface area contributed by atoms with Gasteiger partial charge in [-0.25, -0.2) is 8.42 Å². The van der Waals surface area contributed by atoms with Crippen molar-refractivity contribution in [3.8, 4) is 12.3 Å². The number of terminal acetylenes is 1. The van der Waals surface area contributed by atoms with Gasteiger partial charge in [-0.15, -0.1) is 6.42 Å². The van der Waals surface area contributed by atoms with Gasteiger partial charge < -0.3 is 5.73 Å². The number of hydrogen-bond donors (Lipinski definition) is 2. The number of anilines is 1. The number of nitrogens with one attached hydrogen (secondary N) is 1. The van der Waals surface area contributed by atoms with Gasteiger partial charge in [-0.3, -0.25) is 0 Å². The van der Waals surface area contributed by atoms with Gasteiger partial charge in [-0.1, -0.05) is 12.0 Å². The first kappa shape index (κ1) is 13.6. The smallest absolute Gasteiger partial charge is 0.242 e. The predicted octanol–water partition coefficient (Wildman–Crippen LogP) is 1.19. The third-order valence-corrected chi connectivity index (χ3v) is 4.32. The Morgan fingerprint density at radius 3 is 2.53 bits per heavy atom. The molecule has 5 heteroatoms. The molecule has 1 aromatic rings. The third-order valence-electron chi connectivity index (χ3n) is 2.50. The lowest BCUT2D eigenvalue weighted by Gasteiger charge is -2.14. The first-order chi connectivity index (χ1) is 7.79. The van der Waals surface area contributed by atoms with Crippen molar-refractivity contribution in [3.05, 3.63) is 23.3 Å². The molecule has 0 aromatic heterocycles. The molecule has 92 valence electrons. The minimum Gasteiger partial charge on any atom is -0.398 e. The zero-order valence-corrected chi connectivity index (χ0v) is 10.9. The van der Waals surface area contributed by atoms with Crippen molar-refractivity contribution in [2.24, 2.45) is 0 Å². The van der Waals surface area contributed by atoms with Crippen molar-refractivity contribution in [2.75, 3.05) is 5.73 Å². The zero-order valence-electron chi connectivity index (χ0n) is 10.1. The Morgan fingerprint density at radius 1 is 1.41 bits per heavy atom. The maximum absolute atomic E-state index is 12.1. The van der Waals surface area contributed by atoms with Crippen LogP contribution in [0.2, 0.25) is 0 Å². The maximum Gasteiger partial charge on any atom is 0.242 e. The van der Waals surface area contributed by atoms with Crippen LogP contribution in [0.25, 0.3) is 0 Å². The minimum absolute atomic E-state index is 0.208. The predicted molar refractivity (Wildman–Crippen MR) is 68.9 cm³/mol. The second kappa shape index (κ2) is 4.78. The molecular weight excluding hydrogens is 236 g/mol. The lowest BCUT2D eigenvalue weighted by Crippen LogP contribution is -2.32. The first-order valence-electron chi connectivity index (χ1n) is 5.13. The van der Waals surface area contributed by atoms with E-state index in [9.17, 15) is 8.42 Å². The van der Waals surface area contributed by atoms with Crippen LogP contribution in [0.4, 0.5) is 5.69 Å². The third kappa shape index (κ3) is 2.78. The van der Waals surface area contributed by atoms with E-state index in [1.54, 1.807) is 32.9 Å². The number of nitrogens with two attached hydrogens (primary N) is 1. The summed E-state index contributed by atoms with van der Waals surface area (Å²) in [5.41, 5.74) is 7.36. The average molecular weight is 252 g/mol. The molecule has 1 atom stereocenters. The van der Waals surface area contributed by atoms with Gasteiger partial charge in [0.25, 0.3) is 0 Å². The van der Waals surface area contributed by atoms with E-state index < -0.39 is 16.1 Å². The molecule has 1 unspecified atom stereocenters. The van der Waals surface area contributed by atoms with Crippen LogP contribution in [0.5, 0.6) is 0 Å². The molecule has 4 nitrogen and oxygen atoms in total. The SMILES string of the molecule is C#CC(C)NS(=O)(=O)c1c(C)ccc(N)c1C. The summed E-state index contributed by atoms with van der Waals surface area (Å²) in [6.45, 7) is 5.01. The highest BCUT2D eigenvalue weighted by Crippen LogP contribution is 2.24. The summed E-state index contributed by atoms with van der Waals surface area (Å²) in [4.78, 5) is 0.208. The van der Waals surface area contributed by atoms with Crippen molar-refractivity contribution in [1.82, 2.24) is 4.72 Å². The average Bonchev–Trinajstić information content (AvgIpc) is 2.23. The minimum atomic E-state index is -3.63. The van der Waals surface area contributed by atoms with E-state index >= 15 is 0 Å². The fraction of sp³-hybridized carbons (Fsp3) is 0.333. The van der Waals surface area contributed by atoms with Crippen LogP contribution >= 0.6 is 0 Å². The Balaban J connectivity index is 3.35. The molecule has 0 aliphatic rings. The summed E-state index contributed by atoms with van der Waals surface area (Å²) < 4.78 is 26.7. The van der Waals surface area contributed by atoms with E-state index in [4.69, 9.17) is 12.2 Å². The number of nitrogen functional groups attached to an aromatic ring is 1. The van der Waals surface area contributed by atoms with E-state index in [1.807, 2.05) is 0 Å². The Bertz CT molecular complexity index is 571. The first-order valence-corrected chi connectivity index (χ1v) is 6.62. The van der Waals surface area contributed by atoms with Crippen molar-refractivity contribution >= 4 is 15.7 Å². The molecular formula is C12H16N2O2S. The van der Waals surface area contributed by atoms with Crippen molar-refractivity contribution < 1.29 is 8.42 Å². The standard InChI is InChI=1S/C12H16N2O2S/c1-5-9(3)14-17(15,16)12-8(2)6-7-11(13)10(12)4/h1,6-7,9,14H,13H2,2-4H3. The van der Waals surface area contributed by atoms with Crippen LogP contribution in [0, 0.1) is 26.2 Å². The summed E-state index contributed by atoms with van der Waals surface area (Å²) in [5.74, 6) is 2.32. The zero-order chi connectivity index (χ0) is 13.2. The molecule has 0 amide bonds. The van der Waals surface area contributed by atoms with Gasteiger partial charge in [0.05, 0.1) is 10.9 Å². The molecule has 0 spiro atoms. The van der Waals surface area contributed by atoms with Crippen molar-refractivity contribution in [3.63, 3.8) is 0 Å². The monoisotopic (exact) mass is 252 g/mol. The van der Waals surface area contributed by atoms with Gasteiger partial charge in [0.2, 0.25) is 10.0 Å². The summed E-state index contributed by atoms with van der Waals surface area (Å²) in [6, 6.07) is 2.81. The fourth-order valence-corrected chi connectivity index (χ4v) is 3.25. The Labute approximate surface area is 102 Å². The van der Waals surface area contributed by atoms with Gasteiger partial charge in [-0.2, -0.15) is 4.72 Å². The van der Waals surface area contributed by atoms with E-state index in [1.165, 1.54) is 0 Å². The molecule has 0 saturated heterocycles. The second-order valence-corrected chi connectivity index (χ2v) is 5.59. The van der Waals surface area contributed by atoms with Gasteiger partial charge in [0.15, 0.2) is 0 Å². The van der Waals surface area contributed by atoms with Crippen LogP contribution < -0.4 is 10.5 Å². The molecule has 0 bridgehead atoms. The molecule has 3 N–H and O–H groups in total. The molecule has 17 heavy (non-hydrogen) atoms. The topological polar surface area (TPSA) is 72.2 Å². The van der Waals surface area contributed by atoms with Gasteiger partial charge in [0, 0.05) is 5.69 Å². The molecule has 0 radical (unpaired) electrons. The molecule has 0 heterocycles. The normalized spacial score (nSPS) is 13.1. The van der Waals surface area contributed by atoms with Crippen LogP contribution in [0.15, 0.2) is 17.0 Å². The van der Waals surface area contributed by atoms with Crippen LogP contribution in [-0.2, 0) is 10.0 Å². The van der Waals surface area contributed by atoms with E-state index in [2.05, 4.69) is 10.6 Å². The molecule has 1 aromatic carbocycles. The Hall–Kier alpha value is -1.51. The fourth-order valence-electron chi connectivity index (χ4n) is 1.58. The Morgan fingerprint density at radius 2 is 2.00 bits per heavy atom. The van der Waals surface area contributed by atoms with Crippen molar-refractivity contribution in [1.29, 1.82) is 0 Å². The number of hydrogen-bond acceptors (Lipinski definition) is 3. The molecule has 0 aliphatic carbocycles. The highest BCUT2D eigenvalue weighted by molar-refractivity contribution is 7.89. The number of aryl methyl sites for hydroxylation is 1. The summed E-state index contributed by atoms with van der Waals surface area (Å²) in [7, 11) is -3.63. The van der Waals surface area contributed by atoms with E-state index in [0.29, 0.717) is 16.8 Å². The van der Waals surface area contributed by atoms with Crippen LogP contribution in [0.1, 0.15) is 18.1 Å². The second-order valence-electron chi connectivity index (χ2n) is 3.94. The summed E-state index contributed by atoms with van der Waals surface area (Å²) in [5, 5.41) is 0. The van der Waals surface area contributed by atoms with Crippen LogP contribution in [0.3, 0.4) is 0 Å². The lowest BCUT2D eigenvalue weighted by molar-refractivity contribution is 0.576. The lowest BCUT2D eigenvalue weighted by atomic mass is 10.1. The molecule has 0 fully saturated rings. The maximum atomic E-state index is 12.1. The van der Waals surface area contributed by atoms with Crippen molar-refractivity contribution in [2.45, 2.75) is 31.7 Å². The summed E-state index contributed by atoms with van der Waals surface area (Å²) >= 11 is 0. The number of benzene rings is 1. The van der Waals surface area contributed by atoms with Gasteiger partial charge in [0.1, 0.15) is 0 Å².